The molecule has 0 spiro atoms. The van der Waals surface area contributed by atoms with Crippen molar-refractivity contribution >= 4 is 27.1 Å². The Hall–Kier alpha value is -1.08. The Bertz CT molecular complexity index is 582. The van der Waals surface area contributed by atoms with Crippen LogP contribution in [-0.2, 0) is 9.84 Å². The highest BCUT2D eigenvalue weighted by atomic mass is 32.2. The molecular weight excluding hydrogens is 318 g/mol. The zero-order valence-corrected chi connectivity index (χ0v) is 14.8. The number of nitrogens with one attached hydrogen (secondary N) is 2. The molecule has 22 heavy (non-hydrogen) atoms. The minimum absolute atomic E-state index is 0.198. The molecule has 0 bridgehead atoms. The van der Waals surface area contributed by atoms with Gasteiger partial charge in [0.25, 0.3) is 0 Å². The number of hydrogen-bond acceptors (Lipinski definition) is 4. The predicted octanol–water partition coefficient (Wildman–Crippen LogP) is 1.84. The van der Waals surface area contributed by atoms with Gasteiger partial charge < -0.3 is 10.6 Å². The van der Waals surface area contributed by atoms with E-state index in [0.29, 0.717) is 24.0 Å². The lowest BCUT2D eigenvalue weighted by molar-refractivity contribution is 0.567. The van der Waals surface area contributed by atoms with Crippen LogP contribution >= 0.6 is 11.3 Å². The lowest BCUT2D eigenvalue weighted by Gasteiger charge is -2.15. The quantitative estimate of drug-likeness (QED) is 0.611. The summed E-state index contributed by atoms with van der Waals surface area (Å²) in [4.78, 5) is 5.95. The van der Waals surface area contributed by atoms with E-state index >= 15 is 0 Å². The fourth-order valence-electron chi connectivity index (χ4n) is 2.51. The Balaban J connectivity index is 1.85. The van der Waals surface area contributed by atoms with Crippen molar-refractivity contribution in [1.82, 2.24) is 10.6 Å². The van der Waals surface area contributed by atoms with E-state index < -0.39 is 9.84 Å². The van der Waals surface area contributed by atoms with Gasteiger partial charge in [0.15, 0.2) is 15.8 Å². The van der Waals surface area contributed by atoms with Crippen LogP contribution in [0.4, 0.5) is 0 Å². The summed E-state index contributed by atoms with van der Waals surface area (Å²) in [6.45, 7) is 6.38. The van der Waals surface area contributed by atoms with E-state index in [-0.39, 0.29) is 5.92 Å². The fourth-order valence-corrected chi connectivity index (χ4v) is 5.15. The third kappa shape index (κ3) is 5.28. The third-order valence-electron chi connectivity index (χ3n) is 3.78. The van der Waals surface area contributed by atoms with E-state index in [4.69, 9.17) is 0 Å². The van der Waals surface area contributed by atoms with E-state index in [1.165, 1.54) is 4.88 Å². The molecule has 0 radical (unpaired) electrons. The van der Waals surface area contributed by atoms with Crippen LogP contribution < -0.4 is 10.6 Å². The van der Waals surface area contributed by atoms with Crippen molar-refractivity contribution in [3.05, 3.63) is 22.4 Å². The molecule has 1 fully saturated rings. The van der Waals surface area contributed by atoms with Gasteiger partial charge in [-0.05, 0) is 30.7 Å². The maximum Gasteiger partial charge on any atom is 0.191 e. The maximum absolute atomic E-state index is 11.5. The summed E-state index contributed by atoms with van der Waals surface area (Å²) in [5.41, 5.74) is 0. The Kier molecular flexibility index (Phi) is 6.26. The molecule has 2 N–H and O–H groups in total. The molecule has 0 saturated carbocycles. The molecule has 1 aromatic rings. The first-order valence-electron chi connectivity index (χ1n) is 7.76. The van der Waals surface area contributed by atoms with Gasteiger partial charge in [0.2, 0.25) is 0 Å². The summed E-state index contributed by atoms with van der Waals surface area (Å²) in [6, 6.07) is 4.19. The summed E-state index contributed by atoms with van der Waals surface area (Å²) in [6.07, 6.45) is 0.750. The molecule has 2 atom stereocenters. The van der Waals surface area contributed by atoms with Crippen molar-refractivity contribution < 1.29 is 8.42 Å². The Morgan fingerprint density at radius 2 is 2.32 bits per heavy atom. The SMILES string of the molecule is CCNC(=NCC(C)c1cccs1)NCC1CCS(=O)(=O)C1. The second kappa shape index (κ2) is 7.97. The number of nitrogens with zero attached hydrogens (tertiary/aromatic N) is 1. The minimum atomic E-state index is -2.81. The molecule has 2 heterocycles. The van der Waals surface area contributed by atoms with Gasteiger partial charge in [-0.2, -0.15) is 0 Å². The summed E-state index contributed by atoms with van der Waals surface area (Å²) >= 11 is 1.75. The number of sulfone groups is 1. The number of thiophene rings is 1. The molecule has 1 aromatic heterocycles. The van der Waals surface area contributed by atoms with E-state index in [9.17, 15) is 8.42 Å². The van der Waals surface area contributed by atoms with Crippen LogP contribution in [-0.4, -0.2) is 45.5 Å². The van der Waals surface area contributed by atoms with Crippen LogP contribution in [0.2, 0.25) is 0 Å². The van der Waals surface area contributed by atoms with Crippen molar-refractivity contribution in [3.8, 4) is 0 Å². The second-order valence-electron chi connectivity index (χ2n) is 5.79. The number of aliphatic imine (C=N–C) groups is 1. The lowest BCUT2D eigenvalue weighted by atomic mass is 10.1. The van der Waals surface area contributed by atoms with Gasteiger partial charge in [-0.15, -0.1) is 11.3 Å². The molecule has 0 aromatic carbocycles. The zero-order valence-electron chi connectivity index (χ0n) is 13.2. The molecule has 1 saturated heterocycles. The van der Waals surface area contributed by atoms with Gasteiger partial charge in [0, 0.05) is 23.9 Å². The van der Waals surface area contributed by atoms with Gasteiger partial charge in [-0.3, -0.25) is 4.99 Å². The van der Waals surface area contributed by atoms with Crippen LogP contribution in [0.3, 0.4) is 0 Å². The van der Waals surface area contributed by atoms with E-state index in [0.717, 1.165) is 25.5 Å². The largest absolute Gasteiger partial charge is 0.357 e. The molecule has 0 amide bonds. The second-order valence-corrected chi connectivity index (χ2v) is 8.99. The first-order chi connectivity index (χ1) is 10.5. The van der Waals surface area contributed by atoms with Gasteiger partial charge in [-0.1, -0.05) is 13.0 Å². The van der Waals surface area contributed by atoms with E-state index in [2.05, 4.69) is 40.1 Å². The van der Waals surface area contributed by atoms with Gasteiger partial charge in [0.05, 0.1) is 18.1 Å². The Morgan fingerprint density at radius 1 is 1.50 bits per heavy atom. The van der Waals surface area contributed by atoms with Crippen molar-refractivity contribution in [3.63, 3.8) is 0 Å². The molecule has 124 valence electrons. The molecule has 0 aliphatic carbocycles. The number of guanidine groups is 1. The normalized spacial score (nSPS) is 22.5. The van der Waals surface area contributed by atoms with Crippen LogP contribution in [0.15, 0.2) is 22.5 Å². The molecule has 2 rings (SSSR count). The average molecular weight is 344 g/mol. The molecule has 1 aliphatic rings. The van der Waals surface area contributed by atoms with Gasteiger partial charge >= 0.3 is 0 Å². The lowest BCUT2D eigenvalue weighted by Crippen LogP contribution is -2.40. The van der Waals surface area contributed by atoms with Crippen LogP contribution in [0.1, 0.15) is 31.1 Å². The Morgan fingerprint density at radius 3 is 2.91 bits per heavy atom. The topological polar surface area (TPSA) is 70.6 Å². The molecule has 1 aliphatic heterocycles. The van der Waals surface area contributed by atoms with Crippen molar-refractivity contribution in [2.75, 3.05) is 31.1 Å². The van der Waals surface area contributed by atoms with Gasteiger partial charge in [-0.25, -0.2) is 8.42 Å². The minimum Gasteiger partial charge on any atom is -0.357 e. The summed E-state index contributed by atoms with van der Waals surface area (Å²) < 4.78 is 23.0. The highest BCUT2D eigenvalue weighted by Gasteiger charge is 2.27. The predicted molar refractivity (Wildman–Crippen MR) is 93.5 cm³/mol. The summed E-state index contributed by atoms with van der Waals surface area (Å²) in [7, 11) is -2.81. The Labute approximate surface area is 137 Å². The van der Waals surface area contributed by atoms with Gasteiger partial charge in [0.1, 0.15) is 0 Å². The fraction of sp³-hybridized carbons (Fsp3) is 0.667. The van der Waals surface area contributed by atoms with Crippen molar-refractivity contribution in [2.24, 2.45) is 10.9 Å². The number of rotatable bonds is 6. The highest BCUT2D eigenvalue weighted by Crippen LogP contribution is 2.20. The highest BCUT2D eigenvalue weighted by molar-refractivity contribution is 7.91. The third-order valence-corrected chi connectivity index (χ3v) is 6.72. The number of hydrogen-bond donors (Lipinski definition) is 2. The standard InChI is InChI=1S/C15H25N3O2S2/c1-3-16-15(17-9-12(2)14-5-4-7-21-14)18-10-13-6-8-22(19,20)11-13/h4-5,7,12-13H,3,6,8-11H2,1-2H3,(H2,16,17,18). The van der Waals surface area contributed by atoms with Crippen molar-refractivity contribution in [2.45, 2.75) is 26.2 Å². The first kappa shape index (κ1) is 17.3. The summed E-state index contributed by atoms with van der Waals surface area (Å²) in [5.74, 6) is 1.98. The first-order valence-corrected chi connectivity index (χ1v) is 10.5. The van der Waals surface area contributed by atoms with Crippen molar-refractivity contribution in [1.29, 1.82) is 0 Å². The smallest absolute Gasteiger partial charge is 0.191 e. The summed E-state index contributed by atoms with van der Waals surface area (Å²) in [5, 5.41) is 8.58. The van der Waals surface area contributed by atoms with Crippen LogP contribution in [0.5, 0.6) is 0 Å². The van der Waals surface area contributed by atoms with Crippen LogP contribution in [0, 0.1) is 5.92 Å². The van der Waals surface area contributed by atoms with Crippen LogP contribution in [0.25, 0.3) is 0 Å². The monoisotopic (exact) mass is 343 g/mol. The van der Waals surface area contributed by atoms with E-state index in [1.807, 2.05) is 6.92 Å². The molecular formula is C15H25N3O2S2. The molecule has 7 heteroatoms. The zero-order chi connectivity index (χ0) is 16.0. The average Bonchev–Trinajstić information content (AvgIpc) is 3.11. The van der Waals surface area contributed by atoms with E-state index in [1.54, 1.807) is 11.3 Å². The molecule has 2 unspecified atom stereocenters. The maximum atomic E-state index is 11.5. The molecule has 5 nitrogen and oxygen atoms in total.